The van der Waals surface area contributed by atoms with Gasteiger partial charge in [-0.05, 0) is 190 Å². The molecule has 3 saturated heterocycles. The normalized spacial score (nSPS) is 23.9. The number of hydrogen-bond donors (Lipinski definition) is 11. The van der Waals surface area contributed by atoms with E-state index in [4.69, 9.17) is 79.0 Å². The minimum atomic E-state index is -1.55. The summed E-state index contributed by atoms with van der Waals surface area (Å²) in [5.74, 6) is -1.16. The highest BCUT2D eigenvalue weighted by Crippen LogP contribution is 2.64. The maximum Gasteiger partial charge on any atom is 0.341 e. The number of nitrogens with zero attached hydrogens (tertiary/aromatic N) is 5. The molecule has 5 aromatic carbocycles. The van der Waals surface area contributed by atoms with Crippen LogP contribution in [0.15, 0.2) is 114 Å². The summed E-state index contributed by atoms with van der Waals surface area (Å²) in [6, 6.07) is 22.8. The molecule has 704 valence electrons. The number of esters is 4. The van der Waals surface area contributed by atoms with Crippen molar-refractivity contribution >= 4 is 69.7 Å². The van der Waals surface area contributed by atoms with E-state index in [9.17, 15) is 58.1 Å². The minimum absolute atomic E-state index is 0.0434. The number of likely N-dealkylation sites (N-methyl/N-ethyl adjacent to an activating group) is 3. The van der Waals surface area contributed by atoms with E-state index in [0.29, 0.717) is 89.5 Å². The number of aromatic nitrogens is 1. The van der Waals surface area contributed by atoms with Gasteiger partial charge in [-0.3, -0.25) is 19.2 Å². The van der Waals surface area contributed by atoms with Crippen LogP contribution in [0.3, 0.4) is 0 Å². The van der Waals surface area contributed by atoms with Gasteiger partial charge in [-0.15, -0.1) is 0 Å². The van der Waals surface area contributed by atoms with E-state index in [-0.39, 0.29) is 89.5 Å². The molecule has 4 bridgehead atoms. The Hall–Kier alpha value is -10.8. The highest BCUT2D eigenvalue weighted by molar-refractivity contribution is 5.98. The van der Waals surface area contributed by atoms with Crippen LogP contribution in [0.5, 0.6) is 28.7 Å². The second-order valence-corrected chi connectivity index (χ2v) is 33.7. The fourth-order valence-electron chi connectivity index (χ4n) is 18.9. The SMILES string of the molecule is CCCC(CC)C(=O)O.CCCC(CC)C(=O)OCC(O)CO.CCOC(=O)c1ccc(N)cc1.CCOC(=O)c1ccc(NC(=O)C(O)CO)cc1.COc1ccc2c3c1O[C@H]1[C@@H](O)C=C[C@H]4[C@@H](C2)N(C)CC[C@@]341.COc1ccc2c3c1O[C@H]1[C@@H](OC(=O)C(O)CO)C=C[C@H]4[C@@H](C2)N(C)CC[C@@]341.C[C@H]1COc2c(N3CCN(C)CC3)c(F)cc3c(=O)c(C(=O)O)cn1c23. The number of nitrogens with two attached hydrogens (primary N) is 1. The Morgan fingerprint density at radius 1 is 0.628 bits per heavy atom. The molecular formula is C95H126FN7O26. The number of carboxylic acids is 2. The number of benzene rings is 5. The number of amides is 1. The van der Waals surface area contributed by atoms with E-state index in [1.165, 1.54) is 52.7 Å². The number of anilines is 3. The molecule has 129 heavy (non-hydrogen) atoms. The summed E-state index contributed by atoms with van der Waals surface area (Å²) in [7, 11) is 9.72. The number of aromatic carboxylic acids is 1. The van der Waals surface area contributed by atoms with E-state index < -0.39 is 84.8 Å². The van der Waals surface area contributed by atoms with Crippen molar-refractivity contribution in [3.8, 4) is 28.7 Å². The van der Waals surface area contributed by atoms with Crippen molar-refractivity contribution in [2.75, 3.05) is 137 Å². The minimum Gasteiger partial charge on any atom is -0.493 e. The molecule has 6 aromatic rings. The summed E-state index contributed by atoms with van der Waals surface area (Å²) in [6.45, 7) is 17.3. The van der Waals surface area contributed by atoms with Crippen LogP contribution in [0.25, 0.3) is 10.9 Å². The third-order valence-corrected chi connectivity index (χ3v) is 25.7. The molecule has 1 aromatic heterocycles. The van der Waals surface area contributed by atoms with E-state index in [0.717, 1.165) is 114 Å². The van der Waals surface area contributed by atoms with Crippen LogP contribution in [0, 0.1) is 29.5 Å². The van der Waals surface area contributed by atoms with Crippen LogP contribution in [-0.4, -0.2) is 283 Å². The number of nitrogens with one attached hydrogen (secondary N) is 1. The molecule has 6 aliphatic heterocycles. The molecule has 12 N–H and O–H groups in total. The molecule has 34 heteroatoms. The van der Waals surface area contributed by atoms with Crippen LogP contribution in [0.1, 0.15) is 159 Å². The van der Waals surface area contributed by atoms with Crippen LogP contribution >= 0.6 is 0 Å². The van der Waals surface area contributed by atoms with Crippen LogP contribution in [-0.2, 0) is 61.8 Å². The van der Waals surface area contributed by atoms with Gasteiger partial charge >= 0.3 is 35.8 Å². The smallest absolute Gasteiger partial charge is 0.341 e. The molecule has 0 saturated carbocycles. The van der Waals surface area contributed by atoms with Crippen LogP contribution in [0.4, 0.5) is 21.5 Å². The van der Waals surface area contributed by atoms with Gasteiger partial charge < -0.3 is 124 Å². The van der Waals surface area contributed by atoms with Gasteiger partial charge in [-0.2, -0.15) is 0 Å². The molecule has 3 fully saturated rings. The number of likely N-dealkylation sites (tertiary alicyclic amines) is 2. The zero-order valence-corrected chi connectivity index (χ0v) is 75.4. The number of pyridine rings is 1. The fraction of sp³-hybridized carbons (Fsp3) is 0.537. The topological polar surface area (TPSA) is 458 Å². The monoisotopic (exact) mass is 1800 g/mol. The Kier molecular flexibility index (Phi) is 35.1. The zero-order chi connectivity index (χ0) is 94.0. The predicted molar refractivity (Wildman–Crippen MR) is 477 cm³/mol. The van der Waals surface area contributed by atoms with Crippen LogP contribution < -0.4 is 45.1 Å². The van der Waals surface area contributed by atoms with E-state index in [2.05, 4.69) is 58.4 Å². The molecule has 2 spiro atoms. The molecule has 1 amide bonds. The first-order chi connectivity index (χ1) is 61.7. The molecule has 4 aliphatic carbocycles. The molecule has 16 atom stereocenters. The van der Waals surface area contributed by atoms with Crippen LogP contribution in [0.2, 0.25) is 0 Å². The Labute approximate surface area is 750 Å². The number of halogens is 1. The lowest BCUT2D eigenvalue weighted by molar-refractivity contribution is -0.166. The number of carbonyl (C=O) groups excluding carboxylic acids is 5. The molecule has 33 nitrogen and oxygen atoms in total. The summed E-state index contributed by atoms with van der Waals surface area (Å²) >= 11 is 0. The number of piperidine rings is 2. The summed E-state index contributed by atoms with van der Waals surface area (Å²) in [4.78, 5) is 101. The first-order valence-electron chi connectivity index (χ1n) is 44.2. The van der Waals surface area contributed by atoms with Gasteiger partial charge in [0.05, 0.1) is 87.2 Å². The molecular weight excluding hydrogens is 1670 g/mol. The number of hydrogen-bond acceptors (Lipinski definition) is 29. The van der Waals surface area contributed by atoms with Gasteiger partial charge in [0.2, 0.25) is 5.43 Å². The molecule has 5 unspecified atom stereocenters. The Balaban J connectivity index is 0.000000161. The summed E-state index contributed by atoms with van der Waals surface area (Å²) < 4.78 is 66.4. The van der Waals surface area contributed by atoms with Crippen molar-refractivity contribution < 1.29 is 127 Å². The van der Waals surface area contributed by atoms with E-state index in [1.807, 2.05) is 70.9 Å². The van der Waals surface area contributed by atoms with Gasteiger partial charge in [-0.1, -0.05) is 70.9 Å². The van der Waals surface area contributed by atoms with E-state index in [1.54, 1.807) is 56.9 Å². The van der Waals surface area contributed by atoms with Gasteiger partial charge in [0.15, 0.2) is 52.9 Å². The predicted octanol–water partition coefficient (Wildman–Crippen LogP) is 7.66. The maximum absolute atomic E-state index is 15.0. The summed E-state index contributed by atoms with van der Waals surface area (Å²) in [6.07, 6.45) is 12.8. The van der Waals surface area contributed by atoms with Crippen molar-refractivity contribution in [1.29, 1.82) is 0 Å². The lowest BCUT2D eigenvalue weighted by Gasteiger charge is -2.56. The zero-order valence-electron chi connectivity index (χ0n) is 75.4. The number of methoxy groups -OCH3 is 2. The maximum atomic E-state index is 15.0. The number of aliphatic hydroxyl groups excluding tert-OH is 7. The number of carbonyl (C=O) groups is 7. The first-order valence-corrected chi connectivity index (χ1v) is 44.2. The first kappa shape index (κ1) is 100. The fourth-order valence-corrected chi connectivity index (χ4v) is 18.9. The Bertz CT molecular complexity index is 5020. The molecule has 7 heterocycles. The number of aliphatic carboxylic acids is 1. The molecule has 16 rings (SSSR count). The van der Waals surface area contributed by atoms with Gasteiger partial charge in [-0.25, -0.2) is 23.6 Å². The Morgan fingerprint density at radius 3 is 1.64 bits per heavy atom. The van der Waals surface area contributed by atoms with Gasteiger partial charge in [0.1, 0.15) is 48.9 Å². The highest BCUT2D eigenvalue weighted by Gasteiger charge is 2.66. The Morgan fingerprint density at radius 2 is 1.15 bits per heavy atom. The average molecular weight is 1800 g/mol. The summed E-state index contributed by atoms with van der Waals surface area (Å²) in [5.41, 5.74) is 12.0. The molecule has 0 radical (unpaired) electrons. The van der Waals surface area contributed by atoms with Crippen molar-refractivity contribution in [1.82, 2.24) is 19.3 Å². The number of piperazine rings is 1. The third-order valence-electron chi connectivity index (χ3n) is 25.7. The summed E-state index contributed by atoms with van der Waals surface area (Å²) in [5, 5.41) is 84.7. The van der Waals surface area contributed by atoms with Gasteiger partial charge in [0, 0.05) is 89.6 Å². The van der Waals surface area contributed by atoms with Crippen molar-refractivity contribution in [2.45, 2.75) is 184 Å². The molecule has 10 aliphatic rings. The lowest BCUT2D eigenvalue weighted by Crippen LogP contribution is -2.65. The number of aliphatic hydroxyl groups is 7. The van der Waals surface area contributed by atoms with Crippen molar-refractivity contribution in [2.24, 2.45) is 23.7 Å². The largest absolute Gasteiger partial charge is 0.493 e. The van der Waals surface area contributed by atoms with Gasteiger partial charge in [0.25, 0.3) is 5.91 Å². The number of carboxylic acid groups (broad SMARTS) is 2. The second kappa shape index (κ2) is 45.2. The average Bonchev–Trinajstić information content (AvgIpc) is 1.54. The number of nitrogen functional groups attached to an aromatic ring is 1. The van der Waals surface area contributed by atoms with Crippen molar-refractivity contribution in [3.05, 3.63) is 164 Å². The second-order valence-electron chi connectivity index (χ2n) is 33.7. The van der Waals surface area contributed by atoms with Crippen molar-refractivity contribution in [3.63, 3.8) is 0 Å². The number of ether oxygens (including phenoxy) is 9. The highest BCUT2D eigenvalue weighted by atomic mass is 19.1. The third kappa shape index (κ3) is 21.8. The number of rotatable bonds is 25. The lowest BCUT2D eigenvalue weighted by atomic mass is 9.53. The van der Waals surface area contributed by atoms with E-state index >= 15 is 0 Å². The standard InChI is InChI=1S/C21H25NO6.C18H20FN3O4.C18H21NO3.C12H15NO5.C10H20O4.C9H11NO2.C7H14O2/c1-22-8-7-21-12-4-6-16(27-20(25)14(24)10-23)19(21)28-18-15(26-2)5-3-11(17(18)21)9-13(12)22;1-10-9-26-17-14-11(16(23)12(18(24)25)8-22(10)14)7-13(19)15(17)21-5-3-20(2)4-6-21;1-19-8-7-18-11-4-5-13(20)17(18)22-16-14(21-2)6-3-10(15(16)18)9-12(11)19;1-2-18-12(17)8-3-5-9(6-4-8)13-11(16)10(15)7-14;1-3-5-8(4-2)10(13)14-7-9(12)6-11;1-2-12-9(11)7-3-5-8(10)6-4-7;1-3-5-6(4-2)7(8)9/h3-6,12-14,16,19,23-24H,7-10H2,1-2H3;7-8,10H,3-6,9H2,1-2H3,(H,24,25);3-6,11-13,17,20H,7-9H2,1-2H3;3-6,10,14-15H,2,7H2,1H3,(H,13,16);8-9,11-12H,3-7H2,1-2H3;3-6H,2,10H2,1H3;6H,3-5H2,1-2H3,(H,8,9)/t12-,13+,14?,16-,19-,21-;10-;11-,12+,13-,17-,18-;;;;/m000..../s1. The quantitative estimate of drug-likeness (QED) is 0.0113.